The van der Waals surface area contributed by atoms with Crippen LogP contribution in [0.3, 0.4) is 0 Å². The molecule has 0 rings (SSSR count). The molecule has 2 atom stereocenters. The highest BCUT2D eigenvalue weighted by atomic mass is 31.2. The molecule has 0 bridgehead atoms. The molecule has 0 aliphatic carbocycles. The number of esters is 2. The normalized spacial score (nSPS) is 13.7. The van der Waals surface area contributed by atoms with Crippen LogP contribution in [0, 0.1) is 0 Å². The summed E-state index contributed by atoms with van der Waals surface area (Å²) >= 11 is 0. The first kappa shape index (κ1) is 51.8. The monoisotopic (exact) mass is 775 g/mol. The van der Waals surface area contributed by atoms with Gasteiger partial charge in [0, 0.05) is 12.8 Å². The molecule has 0 amide bonds. The van der Waals surface area contributed by atoms with Gasteiger partial charge >= 0.3 is 19.8 Å². The van der Waals surface area contributed by atoms with Crippen molar-refractivity contribution in [3.8, 4) is 0 Å². The number of quaternary nitrogens is 1. The predicted molar refractivity (Wildman–Crippen MR) is 220 cm³/mol. The van der Waals surface area contributed by atoms with E-state index >= 15 is 0 Å². The van der Waals surface area contributed by atoms with Crippen molar-refractivity contribution in [3.05, 3.63) is 12.2 Å². The minimum absolute atomic E-state index is 0.0335. The van der Waals surface area contributed by atoms with Crippen LogP contribution in [0.25, 0.3) is 0 Å². The van der Waals surface area contributed by atoms with Crippen molar-refractivity contribution < 1.29 is 42.1 Å². The minimum Gasteiger partial charge on any atom is -0.462 e. The lowest BCUT2D eigenvalue weighted by atomic mass is 10.0. The smallest absolute Gasteiger partial charge is 0.462 e. The zero-order valence-electron chi connectivity index (χ0n) is 35.3. The highest BCUT2D eigenvalue weighted by molar-refractivity contribution is 7.47. The summed E-state index contributed by atoms with van der Waals surface area (Å²) in [6, 6.07) is 0. The summed E-state index contributed by atoms with van der Waals surface area (Å²) in [5.74, 6) is -0.800. The van der Waals surface area contributed by atoms with Crippen molar-refractivity contribution in [2.75, 3.05) is 47.5 Å². The number of carbonyl (C=O) groups is 2. The number of ether oxygens (including phenoxy) is 2. The van der Waals surface area contributed by atoms with Crippen LogP contribution in [0.4, 0.5) is 0 Å². The van der Waals surface area contributed by atoms with E-state index in [2.05, 4.69) is 26.0 Å². The molecular weight excluding hydrogens is 689 g/mol. The van der Waals surface area contributed by atoms with E-state index in [1.807, 2.05) is 21.1 Å². The molecule has 0 spiro atoms. The Hall–Kier alpha value is -1.25. The molecule has 0 aliphatic rings. The van der Waals surface area contributed by atoms with Gasteiger partial charge in [0.2, 0.25) is 0 Å². The molecule has 0 heterocycles. The Morgan fingerprint density at radius 2 is 0.962 bits per heavy atom. The van der Waals surface area contributed by atoms with Crippen molar-refractivity contribution >= 4 is 19.8 Å². The van der Waals surface area contributed by atoms with E-state index < -0.39 is 26.5 Å². The second kappa shape index (κ2) is 36.4. The highest BCUT2D eigenvalue weighted by Crippen LogP contribution is 2.43. The minimum atomic E-state index is -4.37. The Balaban J connectivity index is 4.34. The largest absolute Gasteiger partial charge is 0.472 e. The van der Waals surface area contributed by atoms with Gasteiger partial charge in [-0.15, -0.1) is 0 Å². The molecule has 0 saturated carbocycles. The van der Waals surface area contributed by atoms with E-state index in [0.717, 1.165) is 51.4 Å². The number of hydrogen-bond donors (Lipinski definition) is 1. The molecule has 1 unspecified atom stereocenters. The SMILES string of the molecule is CCCCCC/C=C\CCCCCCCC(=O)OC[C@H](COP(=O)(O)OCC[N+](C)(C)C)OC(=O)CCCCCCCCCCCCCCCCCC. The molecule has 0 aliphatic heterocycles. The van der Waals surface area contributed by atoms with Gasteiger partial charge in [0.25, 0.3) is 0 Å². The second-order valence-electron chi connectivity index (χ2n) is 16.1. The van der Waals surface area contributed by atoms with E-state index in [9.17, 15) is 19.0 Å². The van der Waals surface area contributed by atoms with Crippen LogP contribution < -0.4 is 0 Å². The maximum absolute atomic E-state index is 12.7. The van der Waals surface area contributed by atoms with E-state index in [-0.39, 0.29) is 32.0 Å². The summed E-state index contributed by atoms with van der Waals surface area (Å²) < 4.78 is 34.3. The molecule has 314 valence electrons. The Morgan fingerprint density at radius 1 is 0.566 bits per heavy atom. The molecule has 9 nitrogen and oxygen atoms in total. The average molecular weight is 775 g/mol. The van der Waals surface area contributed by atoms with Crippen LogP contribution in [0.1, 0.15) is 200 Å². The number of hydrogen-bond acceptors (Lipinski definition) is 7. The van der Waals surface area contributed by atoms with Crippen molar-refractivity contribution in [2.45, 2.75) is 206 Å². The standard InChI is InChI=1S/C43H84NO8P/c1-6-8-10-12-14-16-18-20-21-22-24-26-28-30-32-34-36-43(46)52-41(40-51-53(47,48)50-38-37-44(3,4)5)39-49-42(45)35-33-31-29-27-25-23-19-17-15-13-11-9-7-2/h17,19,41H,6-16,18,20-40H2,1-5H3/p+1/b19-17-/t41-/m1/s1. The topological polar surface area (TPSA) is 108 Å². The van der Waals surface area contributed by atoms with Gasteiger partial charge in [0.05, 0.1) is 27.7 Å². The molecular formula is C43H85NO8P+. The molecule has 1 N–H and O–H groups in total. The quantitative estimate of drug-likeness (QED) is 0.0215. The molecule has 0 aromatic heterocycles. The Morgan fingerprint density at radius 3 is 1.42 bits per heavy atom. The second-order valence-corrected chi connectivity index (χ2v) is 17.5. The molecule has 53 heavy (non-hydrogen) atoms. The lowest BCUT2D eigenvalue weighted by Gasteiger charge is -2.24. The van der Waals surface area contributed by atoms with Crippen molar-refractivity contribution in [1.82, 2.24) is 0 Å². The molecule has 0 aromatic carbocycles. The fourth-order valence-electron chi connectivity index (χ4n) is 6.07. The molecule has 0 radical (unpaired) electrons. The number of phosphoric acid groups is 1. The van der Waals surface area contributed by atoms with Crippen LogP contribution in [0.15, 0.2) is 12.2 Å². The van der Waals surface area contributed by atoms with E-state index in [1.165, 1.54) is 116 Å². The lowest BCUT2D eigenvalue weighted by Crippen LogP contribution is -2.37. The number of carbonyl (C=O) groups excluding carboxylic acids is 2. The van der Waals surface area contributed by atoms with Gasteiger partial charge in [-0.25, -0.2) is 4.57 Å². The van der Waals surface area contributed by atoms with Crippen LogP contribution in [-0.2, 0) is 32.7 Å². The number of rotatable bonds is 40. The first-order chi connectivity index (χ1) is 25.5. The number of unbranched alkanes of at least 4 members (excludes halogenated alkanes) is 24. The lowest BCUT2D eigenvalue weighted by molar-refractivity contribution is -0.870. The Bertz CT molecular complexity index is 922. The van der Waals surface area contributed by atoms with Gasteiger partial charge in [-0.3, -0.25) is 18.6 Å². The molecule has 0 aromatic rings. The first-order valence-electron chi connectivity index (χ1n) is 21.9. The predicted octanol–water partition coefficient (Wildman–Crippen LogP) is 12.2. The molecule has 0 saturated heterocycles. The third-order valence-electron chi connectivity index (χ3n) is 9.55. The zero-order chi connectivity index (χ0) is 39.3. The average Bonchev–Trinajstić information content (AvgIpc) is 3.10. The van der Waals surface area contributed by atoms with Crippen LogP contribution >= 0.6 is 7.82 Å². The van der Waals surface area contributed by atoms with E-state index in [4.69, 9.17) is 18.5 Å². The number of phosphoric ester groups is 1. The van der Waals surface area contributed by atoms with Gasteiger partial charge in [0.15, 0.2) is 6.10 Å². The van der Waals surface area contributed by atoms with E-state index in [0.29, 0.717) is 17.4 Å². The van der Waals surface area contributed by atoms with Crippen LogP contribution in [-0.4, -0.2) is 74.9 Å². The third-order valence-corrected chi connectivity index (χ3v) is 10.5. The van der Waals surface area contributed by atoms with Gasteiger partial charge in [0.1, 0.15) is 19.8 Å². The fraction of sp³-hybridized carbons (Fsp3) is 0.907. The highest BCUT2D eigenvalue weighted by Gasteiger charge is 2.27. The number of likely N-dealkylation sites (N-methyl/N-ethyl adjacent to an activating group) is 1. The summed E-state index contributed by atoms with van der Waals surface area (Å²) in [4.78, 5) is 35.3. The van der Waals surface area contributed by atoms with Crippen molar-refractivity contribution in [1.29, 1.82) is 0 Å². The van der Waals surface area contributed by atoms with Gasteiger partial charge < -0.3 is 18.9 Å². The van der Waals surface area contributed by atoms with Crippen LogP contribution in [0.5, 0.6) is 0 Å². The fourth-order valence-corrected chi connectivity index (χ4v) is 6.81. The van der Waals surface area contributed by atoms with Crippen molar-refractivity contribution in [2.24, 2.45) is 0 Å². The van der Waals surface area contributed by atoms with Gasteiger partial charge in [-0.05, 0) is 38.5 Å². The third kappa shape index (κ3) is 40.2. The summed E-state index contributed by atoms with van der Waals surface area (Å²) in [6.45, 7) is 4.42. The number of allylic oxidation sites excluding steroid dienone is 2. The van der Waals surface area contributed by atoms with Crippen LogP contribution in [0.2, 0.25) is 0 Å². The maximum Gasteiger partial charge on any atom is 0.472 e. The van der Waals surface area contributed by atoms with Crippen molar-refractivity contribution in [3.63, 3.8) is 0 Å². The Labute approximate surface area is 326 Å². The van der Waals surface area contributed by atoms with Gasteiger partial charge in [-0.1, -0.05) is 161 Å². The van der Waals surface area contributed by atoms with E-state index in [1.54, 1.807) is 0 Å². The maximum atomic E-state index is 12.7. The number of nitrogens with zero attached hydrogens (tertiary/aromatic N) is 1. The Kier molecular flexibility index (Phi) is 35.5. The molecule has 0 fully saturated rings. The summed E-state index contributed by atoms with van der Waals surface area (Å²) in [5.41, 5.74) is 0. The first-order valence-corrected chi connectivity index (χ1v) is 23.4. The summed E-state index contributed by atoms with van der Waals surface area (Å²) in [7, 11) is 1.48. The van der Waals surface area contributed by atoms with Gasteiger partial charge in [-0.2, -0.15) is 0 Å². The molecule has 10 heteroatoms. The zero-order valence-corrected chi connectivity index (χ0v) is 36.2. The summed E-state index contributed by atoms with van der Waals surface area (Å²) in [5, 5.41) is 0. The summed E-state index contributed by atoms with van der Waals surface area (Å²) in [6.07, 6.45) is 36.8.